The van der Waals surface area contributed by atoms with E-state index in [9.17, 15) is 0 Å². The van der Waals surface area contributed by atoms with Crippen LogP contribution in [0.5, 0.6) is 0 Å². The third-order valence-electron chi connectivity index (χ3n) is 2.55. The number of hydrogen-bond acceptors (Lipinski definition) is 2. The van der Waals surface area contributed by atoms with Crippen molar-refractivity contribution in [3.63, 3.8) is 0 Å². The van der Waals surface area contributed by atoms with Gasteiger partial charge in [0, 0.05) is 6.21 Å². The van der Waals surface area contributed by atoms with Gasteiger partial charge in [0.25, 0.3) is 0 Å². The number of benzene rings is 1. The maximum absolute atomic E-state index is 4.43. The van der Waals surface area contributed by atoms with Gasteiger partial charge in [-0.3, -0.25) is 4.99 Å². The van der Waals surface area contributed by atoms with Crippen LogP contribution in [0.4, 0.5) is 11.4 Å². The highest BCUT2D eigenvalue weighted by Gasteiger charge is 2.23. The number of aliphatic imine (C=N–C) groups is 1. The van der Waals surface area contributed by atoms with Crippen LogP contribution < -0.4 is 5.32 Å². The Hall–Kier alpha value is -1.31. The molecule has 0 aliphatic carbocycles. The second-order valence-electron chi connectivity index (χ2n) is 3.67. The van der Waals surface area contributed by atoms with Gasteiger partial charge in [0.05, 0.1) is 16.9 Å². The van der Waals surface area contributed by atoms with E-state index in [1.54, 1.807) is 0 Å². The van der Waals surface area contributed by atoms with E-state index in [-0.39, 0.29) is 5.54 Å². The molecule has 1 unspecified atom stereocenters. The lowest BCUT2D eigenvalue weighted by molar-refractivity contribution is 0.659. The molecule has 0 saturated carbocycles. The van der Waals surface area contributed by atoms with Gasteiger partial charge in [-0.05, 0) is 25.5 Å². The van der Waals surface area contributed by atoms with Crippen LogP contribution >= 0.6 is 0 Å². The maximum atomic E-state index is 4.43. The van der Waals surface area contributed by atoms with Crippen molar-refractivity contribution < 1.29 is 0 Å². The summed E-state index contributed by atoms with van der Waals surface area (Å²) >= 11 is 0. The lowest BCUT2D eigenvalue weighted by Crippen LogP contribution is -2.37. The molecular formula is C11H14N2. The number of nitrogens with one attached hydrogen (secondary N) is 1. The summed E-state index contributed by atoms with van der Waals surface area (Å²) in [5, 5.41) is 3.47. The van der Waals surface area contributed by atoms with Crippen LogP contribution in [-0.4, -0.2) is 11.8 Å². The van der Waals surface area contributed by atoms with Crippen LogP contribution in [0, 0.1) is 0 Å². The minimum atomic E-state index is 0.0222. The molecule has 2 rings (SSSR count). The van der Waals surface area contributed by atoms with Gasteiger partial charge in [0.2, 0.25) is 0 Å². The molecule has 2 heteroatoms. The number of anilines is 1. The molecule has 2 nitrogen and oxygen atoms in total. The zero-order chi connectivity index (χ0) is 9.31. The van der Waals surface area contributed by atoms with Gasteiger partial charge in [-0.1, -0.05) is 19.1 Å². The summed E-state index contributed by atoms with van der Waals surface area (Å²) in [5.41, 5.74) is 2.19. The van der Waals surface area contributed by atoms with Gasteiger partial charge >= 0.3 is 0 Å². The minimum Gasteiger partial charge on any atom is -0.373 e. The lowest BCUT2D eigenvalue weighted by atomic mass is 9.98. The number of para-hydroxylation sites is 2. The van der Waals surface area contributed by atoms with Crippen molar-refractivity contribution in [2.75, 3.05) is 5.32 Å². The fourth-order valence-electron chi connectivity index (χ4n) is 1.42. The monoisotopic (exact) mass is 174 g/mol. The summed E-state index contributed by atoms with van der Waals surface area (Å²) < 4.78 is 0. The fraction of sp³-hybridized carbons (Fsp3) is 0.364. The average Bonchev–Trinajstić information content (AvgIpc) is 2.18. The Morgan fingerprint density at radius 2 is 2.15 bits per heavy atom. The van der Waals surface area contributed by atoms with Gasteiger partial charge < -0.3 is 5.32 Å². The van der Waals surface area contributed by atoms with E-state index in [4.69, 9.17) is 0 Å². The molecule has 1 aromatic rings. The van der Waals surface area contributed by atoms with Crippen molar-refractivity contribution in [3.8, 4) is 0 Å². The van der Waals surface area contributed by atoms with Crippen LogP contribution in [-0.2, 0) is 0 Å². The third kappa shape index (κ3) is 1.44. The third-order valence-corrected chi connectivity index (χ3v) is 2.55. The molecule has 1 aliphatic rings. The minimum absolute atomic E-state index is 0.0222. The van der Waals surface area contributed by atoms with Crippen molar-refractivity contribution in [3.05, 3.63) is 24.3 Å². The van der Waals surface area contributed by atoms with Gasteiger partial charge in [-0.15, -0.1) is 0 Å². The van der Waals surface area contributed by atoms with Crippen molar-refractivity contribution in [1.29, 1.82) is 0 Å². The Morgan fingerprint density at radius 1 is 1.38 bits per heavy atom. The molecule has 1 aliphatic heterocycles. The summed E-state index contributed by atoms with van der Waals surface area (Å²) in [6.07, 6.45) is 3.04. The summed E-state index contributed by atoms with van der Waals surface area (Å²) in [7, 11) is 0. The van der Waals surface area contributed by atoms with E-state index in [0.717, 1.165) is 17.8 Å². The maximum Gasteiger partial charge on any atom is 0.0858 e. The molecule has 0 fully saturated rings. The highest BCUT2D eigenvalue weighted by atomic mass is 15.0. The van der Waals surface area contributed by atoms with E-state index in [1.807, 2.05) is 24.4 Å². The summed E-state index contributed by atoms with van der Waals surface area (Å²) in [4.78, 5) is 4.43. The van der Waals surface area contributed by atoms with Crippen molar-refractivity contribution >= 4 is 17.6 Å². The topological polar surface area (TPSA) is 24.4 Å². The molecule has 1 atom stereocenters. The standard InChI is InChI=1S/C11H14N2/c1-3-11(2)8-12-9-6-4-5-7-10(9)13-11/h4-8,13H,3H2,1-2H3. The molecule has 0 amide bonds. The number of nitrogens with zero attached hydrogens (tertiary/aromatic N) is 1. The predicted octanol–water partition coefficient (Wildman–Crippen LogP) is 2.98. The van der Waals surface area contributed by atoms with Crippen LogP contribution in [0.1, 0.15) is 20.3 Å². The zero-order valence-electron chi connectivity index (χ0n) is 8.04. The predicted molar refractivity (Wildman–Crippen MR) is 56.9 cm³/mol. The fourth-order valence-corrected chi connectivity index (χ4v) is 1.42. The molecular weight excluding hydrogens is 160 g/mol. The summed E-state index contributed by atoms with van der Waals surface area (Å²) in [6.45, 7) is 4.32. The van der Waals surface area contributed by atoms with Crippen LogP contribution in [0.25, 0.3) is 0 Å². The van der Waals surface area contributed by atoms with E-state index in [1.165, 1.54) is 0 Å². The second kappa shape index (κ2) is 2.87. The van der Waals surface area contributed by atoms with E-state index in [0.29, 0.717) is 0 Å². The van der Waals surface area contributed by atoms with Crippen molar-refractivity contribution in [1.82, 2.24) is 0 Å². The molecule has 1 heterocycles. The highest BCUT2D eigenvalue weighted by molar-refractivity contribution is 5.86. The molecule has 1 N–H and O–H groups in total. The molecule has 0 saturated heterocycles. The first-order chi connectivity index (χ1) is 6.23. The number of fused-ring (bicyclic) bond motifs is 1. The van der Waals surface area contributed by atoms with Crippen LogP contribution in [0.2, 0.25) is 0 Å². The Bertz CT molecular complexity index is 344. The quantitative estimate of drug-likeness (QED) is 0.695. The van der Waals surface area contributed by atoms with Gasteiger partial charge in [-0.2, -0.15) is 0 Å². The Kier molecular flexibility index (Phi) is 1.83. The number of rotatable bonds is 1. The van der Waals surface area contributed by atoms with Crippen molar-refractivity contribution in [2.24, 2.45) is 4.99 Å². The number of hydrogen-bond donors (Lipinski definition) is 1. The van der Waals surface area contributed by atoms with Gasteiger partial charge in [0.1, 0.15) is 0 Å². The molecule has 0 bridgehead atoms. The summed E-state index contributed by atoms with van der Waals surface area (Å²) in [6, 6.07) is 8.13. The first-order valence-electron chi connectivity index (χ1n) is 4.66. The summed E-state index contributed by atoms with van der Waals surface area (Å²) in [5.74, 6) is 0. The van der Waals surface area contributed by atoms with Gasteiger partial charge in [0.15, 0.2) is 0 Å². The van der Waals surface area contributed by atoms with Crippen LogP contribution in [0.3, 0.4) is 0 Å². The Labute approximate surface area is 78.7 Å². The smallest absolute Gasteiger partial charge is 0.0858 e. The van der Waals surface area contributed by atoms with E-state index >= 15 is 0 Å². The van der Waals surface area contributed by atoms with Crippen LogP contribution in [0.15, 0.2) is 29.3 Å². The molecule has 0 aromatic heterocycles. The van der Waals surface area contributed by atoms with E-state index < -0.39 is 0 Å². The molecule has 1 aromatic carbocycles. The molecule has 13 heavy (non-hydrogen) atoms. The normalized spacial score (nSPS) is 25.1. The first kappa shape index (κ1) is 8.30. The average molecular weight is 174 g/mol. The zero-order valence-corrected chi connectivity index (χ0v) is 8.04. The van der Waals surface area contributed by atoms with E-state index in [2.05, 4.69) is 30.2 Å². The van der Waals surface area contributed by atoms with Crippen molar-refractivity contribution in [2.45, 2.75) is 25.8 Å². The Balaban J connectivity index is 2.39. The SMILES string of the molecule is CCC1(C)C=Nc2ccccc2N1. The highest BCUT2D eigenvalue weighted by Crippen LogP contribution is 2.31. The lowest BCUT2D eigenvalue weighted by Gasteiger charge is -2.30. The molecule has 0 spiro atoms. The molecule has 68 valence electrons. The largest absolute Gasteiger partial charge is 0.373 e. The molecule has 0 radical (unpaired) electrons. The Morgan fingerprint density at radius 3 is 2.92 bits per heavy atom. The van der Waals surface area contributed by atoms with Gasteiger partial charge in [-0.25, -0.2) is 0 Å². The second-order valence-corrected chi connectivity index (χ2v) is 3.67. The first-order valence-corrected chi connectivity index (χ1v) is 4.66.